The summed E-state index contributed by atoms with van der Waals surface area (Å²) in [5.74, 6) is -1.99. The summed E-state index contributed by atoms with van der Waals surface area (Å²) in [5.41, 5.74) is 1.28. The van der Waals surface area contributed by atoms with Gasteiger partial charge in [-0.1, -0.05) is 151 Å². The molecule has 192 valence electrons. The molecule has 0 aromatic heterocycles. The van der Waals surface area contributed by atoms with Crippen LogP contribution < -0.4 is 0 Å². The number of benzene rings is 3. The molecule has 0 nitrogen and oxygen atoms in total. The molecule has 0 radical (unpaired) electrons. The first kappa shape index (κ1) is 31.0. The molecule has 4 rings (SSSR count). The molecule has 36 heavy (non-hydrogen) atoms. The molecular weight excluding hydrogens is 784 g/mol. The number of rotatable bonds is 2. The lowest BCUT2D eigenvalue weighted by Gasteiger charge is -2.39. The molecule has 1 aliphatic rings. The van der Waals surface area contributed by atoms with Crippen LogP contribution in [0, 0.1) is 0 Å². The molecule has 0 unspecified atom stereocenters. The lowest BCUT2D eigenvalue weighted by atomic mass is 9.70. The zero-order valence-corrected chi connectivity index (χ0v) is 27.7. The van der Waals surface area contributed by atoms with Gasteiger partial charge in [0, 0.05) is 17.4 Å². The van der Waals surface area contributed by atoms with Crippen molar-refractivity contribution in [3.8, 4) is 0 Å². The summed E-state index contributed by atoms with van der Waals surface area (Å²) >= 11 is 98.1. The van der Waals surface area contributed by atoms with Crippen LogP contribution in [0.1, 0.15) is 39.7 Å². The van der Waals surface area contributed by atoms with Gasteiger partial charge in [0.15, 0.2) is 0 Å². The number of alkyl halides is 2. The van der Waals surface area contributed by atoms with E-state index in [1.54, 1.807) is 0 Å². The highest BCUT2D eigenvalue weighted by molar-refractivity contribution is 6.57. The van der Waals surface area contributed by atoms with E-state index in [1.165, 1.54) is 0 Å². The van der Waals surface area contributed by atoms with Gasteiger partial charge in [-0.3, -0.25) is 0 Å². The van der Waals surface area contributed by atoms with E-state index in [2.05, 4.69) is 0 Å². The molecule has 0 atom stereocenters. The molecule has 0 bridgehead atoms. The summed E-state index contributed by atoms with van der Waals surface area (Å²) in [6, 6.07) is 0. The quantitative estimate of drug-likeness (QED) is 0.138. The van der Waals surface area contributed by atoms with Crippen molar-refractivity contribution in [3.05, 3.63) is 93.1 Å². The SMILES string of the molecule is Clc1c(Cl)c(Cl)c(C2c3c(Cl)c(Cl)c(Cl)c(Cl)c3C(C(Cl)Cl)c3c(Cl)c(Cl)c(Cl)c(Cl)c32)c(Cl)c1Cl. The van der Waals surface area contributed by atoms with Crippen molar-refractivity contribution in [2.75, 3.05) is 0 Å². The molecule has 0 saturated carbocycles. The first-order valence-electron chi connectivity index (χ1n) is 9.17. The molecule has 0 heterocycles. The van der Waals surface area contributed by atoms with E-state index >= 15 is 0 Å². The molecule has 0 saturated heterocycles. The fraction of sp³-hybridized carbons (Fsp3) is 0.143. The lowest BCUT2D eigenvalue weighted by molar-refractivity contribution is 0.779. The van der Waals surface area contributed by atoms with Gasteiger partial charge in [-0.25, -0.2) is 0 Å². The van der Waals surface area contributed by atoms with Crippen molar-refractivity contribution in [3.63, 3.8) is 0 Å². The summed E-state index contributed by atoms with van der Waals surface area (Å²) in [4.78, 5) is -1.15. The predicted molar refractivity (Wildman–Crippen MR) is 163 cm³/mol. The van der Waals surface area contributed by atoms with Gasteiger partial charge in [0.05, 0.1) is 65.3 Å². The van der Waals surface area contributed by atoms with Crippen LogP contribution in [0.5, 0.6) is 0 Å². The van der Waals surface area contributed by atoms with Gasteiger partial charge in [-0.15, -0.1) is 23.2 Å². The minimum Gasteiger partial charge on any atom is -0.104 e. The van der Waals surface area contributed by atoms with Gasteiger partial charge in [0.25, 0.3) is 0 Å². The van der Waals surface area contributed by atoms with Crippen LogP contribution in [0.15, 0.2) is 0 Å². The average Bonchev–Trinajstić information content (AvgIpc) is 2.84. The third kappa shape index (κ3) is 4.59. The van der Waals surface area contributed by atoms with Crippen LogP contribution in [0.3, 0.4) is 0 Å². The van der Waals surface area contributed by atoms with E-state index in [4.69, 9.17) is 174 Å². The molecule has 3 aromatic carbocycles. The molecule has 15 heteroatoms. The molecule has 0 spiro atoms. The van der Waals surface area contributed by atoms with Crippen LogP contribution in [-0.2, 0) is 0 Å². The maximum Gasteiger partial charge on any atom is 0.118 e. The Bertz CT molecular complexity index is 1360. The monoisotopic (exact) mass is 780 g/mol. The van der Waals surface area contributed by atoms with Crippen molar-refractivity contribution in [2.24, 2.45) is 0 Å². The van der Waals surface area contributed by atoms with Crippen molar-refractivity contribution in [1.82, 2.24) is 0 Å². The number of hydrogen-bond donors (Lipinski definition) is 0. The maximum atomic E-state index is 6.77. The van der Waals surface area contributed by atoms with Gasteiger partial charge >= 0.3 is 0 Å². The second kappa shape index (κ2) is 11.4. The topological polar surface area (TPSA) is 0 Å². The molecule has 0 aliphatic heterocycles. The van der Waals surface area contributed by atoms with E-state index in [9.17, 15) is 0 Å². The van der Waals surface area contributed by atoms with Crippen molar-refractivity contribution in [2.45, 2.75) is 16.7 Å². The van der Waals surface area contributed by atoms with E-state index in [1.807, 2.05) is 0 Å². The van der Waals surface area contributed by atoms with E-state index in [-0.39, 0.29) is 93.1 Å². The second-order valence-electron chi connectivity index (χ2n) is 7.40. The Morgan fingerprint density at radius 3 is 0.806 bits per heavy atom. The van der Waals surface area contributed by atoms with E-state index in [0.29, 0.717) is 0 Å². The van der Waals surface area contributed by atoms with Crippen molar-refractivity contribution in [1.29, 1.82) is 0 Å². The zero-order chi connectivity index (χ0) is 27.1. The summed E-state index contributed by atoms with van der Waals surface area (Å²) in [7, 11) is 0. The first-order chi connectivity index (χ1) is 16.7. The standard InChI is InChI=1S/C21H3Cl15/c22-8-2-1(7-12(26)18(32)20(34)19(33)13(7)27)3-5(11(25)17(31)15(29)9(3)23)6(21(35)36)4(2)10(24)16(30)14(8)28/h1,6,21H. The Morgan fingerprint density at radius 1 is 0.306 bits per heavy atom. The van der Waals surface area contributed by atoms with Gasteiger partial charge in [0.2, 0.25) is 0 Å². The van der Waals surface area contributed by atoms with Gasteiger partial charge in [-0.05, 0) is 22.3 Å². The molecule has 0 N–H and O–H groups in total. The Morgan fingerprint density at radius 2 is 0.528 bits per heavy atom. The lowest BCUT2D eigenvalue weighted by Crippen LogP contribution is -2.26. The molecule has 0 fully saturated rings. The summed E-state index contributed by atoms with van der Waals surface area (Å²) in [6.45, 7) is 0. The summed E-state index contributed by atoms with van der Waals surface area (Å²) in [6.07, 6.45) is 0. The fourth-order valence-corrected chi connectivity index (χ4v) is 8.30. The normalized spacial score (nSPS) is 17.0. The van der Waals surface area contributed by atoms with Crippen LogP contribution in [0.25, 0.3) is 0 Å². The van der Waals surface area contributed by atoms with Gasteiger partial charge in [-0.2, -0.15) is 0 Å². The first-order valence-corrected chi connectivity index (χ1v) is 15.0. The molecular formula is C21H3Cl15. The zero-order valence-electron chi connectivity index (χ0n) is 16.4. The van der Waals surface area contributed by atoms with Gasteiger partial charge in [0.1, 0.15) is 4.84 Å². The molecule has 3 aromatic rings. The number of hydrogen-bond acceptors (Lipinski definition) is 0. The third-order valence-electron chi connectivity index (χ3n) is 5.67. The third-order valence-corrected chi connectivity index (χ3v) is 12.1. The van der Waals surface area contributed by atoms with E-state index in [0.717, 1.165) is 0 Å². The average molecular weight is 787 g/mol. The Kier molecular flexibility index (Phi) is 9.76. The Labute approximate surface area is 280 Å². The Hall–Kier alpha value is 2.01. The number of fused-ring (bicyclic) bond motifs is 2. The summed E-state index contributed by atoms with van der Waals surface area (Å²) in [5, 5.41) is -0.556. The smallest absolute Gasteiger partial charge is 0.104 e. The minimum atomic E-state index is -1.15. The molecule has 1 aliphatic carbocycles. The highest BCUT2D eigenvalue weighted by Gasteiger charge is 2.46. The second-order valence-corrected chi connectivity index (χ2v) is 13.5. The van der Waals surface area contributed by atoms with Gasteiger partial charge < -0.3 is 0 Å². The van der Waals surface area contributed by atoms with Crippen LogP contribution >= 0.6 is 174 Å². The highest BCUT2D eigenvalue weighted by atomic mass is 35.5. The largest absolute Gasteiger partial charge is 0.118 e. The maximum absolute atomic E-state index is 6.77. The van der Waals surface area contributed by atoms with Crippen molar-refractivity contribution >= 4 is 174 Å². The van der Waals surface area contributed by atoms with Crippen LogP contribution in [0.2, 0.25) is 65.3 Å². The predicted octanol–water partition coefficient (Wildman–Crippen LogP) is 14.6. The van der Waals surface area contributed by atoms with Crippen LogP contribution in [0.4, 0.5) is 0 Å². The van der Waals surface area contributed by atoms with Crippen LogP contribution in [-0.4, -0.2) is 4.84 Å². The summed E-state index contributed by atoms with van der Waals surface area (Å²) < 4.78 is 0. The number of halogens is 15. The molecule has 0 amide bonds. The van der Waals surface area contributed by atoms with Crippen molar-refractivity contribution < 1.29 is 0 Å². The fourth-order valence-electron chi connectivity index (χ4n) is 4.21. The Balaban J connectivity index is 2.36. The highest BCUT2D eigenvalue weighted by Crippen LogP contribution is 2.63. The minimum absolute atomic E-state index is 0.00433. The van der Waals surface area contributed by atoms with E-state index < -0.39 is 16.7 Å².